The van der Waals surface area contributed by atoms with E-state index in [0.29, 0.717) is 13.0 Å². The van der Waals surface area contributed by atoms with Gasteiger partial charge in [-0.15, -0.1) is 0 Å². The van der Waals surface area contributed by atoms with Gasteiger partial charge in [0.2, 0.25) is 5.91 Å². The van der Waals surface area contributed by atoms with Gasteiger partial charge in [-0.05, 0) is 12.3 Å². The summed E-state index contributed by atoms with van der Waals surface area (Å²) in [6.07, 6.45) is -0.530. The van der Waals surface area contributed by atoms with E-state index in [-0.39, 0.29) is 24.3 Å². The summed E-state index contributed by atoms with van der Waals surface area (Å²) in [4.78, 5) is 37.6. The molecule has 7 heteroatoms. The Labute approximate surface area is 118 Å². The molecule has 7 nitrogen and oxygen atoms in total. The van der Waals surface area contributed by atoms with Crippen LogP contribution in [0.2, 0.25) is 0 Å². The van der Waals surface area contributed by atoms with Crippen LogP contribution in [0, 0.1) is 11.8 Å². The van der Waals surface area contributed by atoms with Crippen LogP contribution in [-0.4, -0.2) is 66.2 Å². The summed E-state index contributed by atoms with van der Waals surface area (Å²) < 4.78 is 4.73. The standard InChI is InChI=1S/C13H22N2O5/c1-8(2)10(12(17)20-4)14(3)11(16)9-5-6-15(7-9)13(18)19/h8-10H,5-7H2,1-4H3,(H,18,19)/t9-,10?/m0/s1. The lowest BCUT2D eigenvalue weighted by Crippen LogP contribution is -2.48. The number of esters is 1. The minimum Gasteiger partial charge on any atom is -0.467 e. The minimum atomic E-state index is -1.02. The van der Waals surface area contributed by atoms with Crippen LogP contribution in [0.5, 0.6) is 0 Å². The van der Waals surface area contributed by atoms with E-state index >= 15 is 0 Å². The fourth-order valence-electron chi connectivity index (χ4n) is 2.56. The van der Waals surface area contributed by atoms with Crippen LogP contribution >= 0.6 is 0 Å². The van der Waals surface area contributed by atoms with Crippen molar-refractivity contribution in [3.05, 3.63) is 0 Å². The van der Waals surface area contributed by atoms with Crippen molar-refractivity contribution in [2.45, 2.75) is 26.3 Å². The van der Waals surface area contributed by atoms with Gasteiger partial charge in [-0.1, -0.05) is 13.8 Å². The van der Waals surface area contributed by atoms with Gasteiger partial charge < -0.3 is 19.6 Å². The molecule has 2 amide bonds. The zero-order chi connectivity index (χ0) is 15.4. The Morgan fingerprint density at radius 2 is 1.95 bits per heavy atom. The molecule has 0 radical (unpaired) electrons. The van der Waals surface area contributed by atoms with Crippen molar-refractivity contribution in [3.8, 4) is 0 Å². The summed E-state index contributed by atoms with van der Waals surface area (Å²) in [5, 5.41) is 8.90. The number of hydrogen-bond acceptors (Lipinski definition) is 4. The molecule has 1 N–H and O–H groups in total. The van der Waals surface area contributed by atoms with Crippen molar-refractivity contribution >= 4 is 18.0 Å². The zero-order valence-corrected chi connectivity index (χ0v) is 12.3. The van der Waals surface area contributed by atoms with Crippen LogP contribution in [0.1, 0.15) is 20.3 Å². The predicted octanol–water partition coefficient (Wildman–Crippen LogP) is 0.642. The average Bonchev–Trinajstić information content (AvgIpc) is 2.86. The molecule has 1 fully saturated rings. The SMILES string of the molecule is COC(=O)C(C(C)C)N(C)C(=O)[C@H]1CCN(C(=O)O)C1. The molecule has 0 aromatic heterocycles. The molecule has 1 aliphatic heterocycles. The zero-order valence-electron chi connectivity index (χ0n) is 12.3. The number of rotatable bonds is 4. The molecule has 1 unspecified atom stereocenters. The summed E-state index contributed by atoms with van der Waals surface area (Å²) in [6, 6.07) is -0.647. The molecule has 0 bridgehead atoms. The van der Waals surface area contributed by atoms with Crippen molar-refractivity contribution in [3.63, 3.8) is 0 Å². The van der Waals surface area contributed by atoms with E-state index in [4.69, 9.17) is 9.84 Å². The molecule has 20 heavy (non-hydrogen) atoms. The fourth-order valence-corrected chi connectivity index (χ4v) is 2.56. The summed E-state index contributed by atoms with van der Waals surface area (Å²) in [5.74, 6) is -1.13. The topological polar surface area (TPSA) is 87.2 Å². The number of carbonyl (C=O) groups excluding carboxylic acids is 2. The summed E-state index contributed by atoms with van der Waals surface area (Å²) in [5.41, 5.74) is 0. The molecular weight excluding hydrogens is 264 g/mol. The molecule has 2 atom stereocenters. The van der Waals surface area contributed by atoms with Gasteiger partial charge in [-0.3, -0.25) is 4.79 Å². The van der Waals surface area contributed by atoms with Gasteiger partial charge in [0.1, 0.15) is 6.04 Å². The van der Waals surface area contributed by atoms with Gasteiger partial charge in [0.15, 0.2) is 0 Å². The molecule has 0 aliphatic carbocycles. The number of likely N-dealkylation sites (tertiary alicyclic amines) is 1. The van der Waals surface area contributed by atoms with E-state index in [1.54, 1.807) is 7.05 Å². The van der Waals surface area contributed by atoms with Crippen LogP contribution < -0.4 is 0 Å². The Bertz CT molecular complexity index is 396. The second-order valence-electron chi connectivity index (χ2n) is 5.38. The molecule has 0 saturated carbocycles. The van der Waals surface area contributed by atoms with Crippen molar-refractivity contribution in [1.82, 2.24) is 9.80 Å². The molecular formula is C13H22N2O5. The number of amides is 2. The van der Waals surface area contributed by atoms with Gasteiger partial charge in [0.25, 0.3) is 0 Å². The van der Waals surface area contributed by atoms with Crippen molar-refractivity contribution in [2.24, 2.45) is 11.8 Å². The van der Waals surface area contributed by atoms with Crippen LogP contribution in [-0.2, 0) is 14.3 Å². The largest absolute Gasteiger partial charge is 0.467 e. The third kappa shape index (κ3) is 3.40. The molecule has 0 aromatic carbocycles. The molecule has 114 valence electrons. The maximum absolute atomic E-state index is 12.4. The van der Waals surface area contributed by atoms with Crippen molar-refractivity contribution < 1.29 is 24.2 Å². The lowest BCUT2D eigenvalue weighted by molar-refractivity contribution is -0.155. The van der Waals surface area contributed by atoms with Gasteiger partial charge in [0.05, 0.1) is 13.0 Å². The normalized spacial score (nSPS) is 19.9. The predicted molar refractivity (Wildman–Crippen MR) is 71.1 cm³/mol. The van der Waals surface area contributed by atoms with Crippen LogP contribution in [0.3, 0.4) is 0 Å². The van der Waals surface area contributed by atoms with Crippen LogP contribution in [0.4, 0.5) is 4.79 Å². The molecule has 0 aromatic rings. The maximum Gasteiger partial charge on any atom is 0.407 e. The lowest BCUT2D eigenvalue weighted by atomic mass is 10.00. The lowest BCUT2D eigenvalue weighted by Gasteiger charge is -2.30. The molecule has 1 aliphatic rings. The highest BCUT2D eigenvalue weighted by Gasteiger charge is 2.37. The first kappa shape index (κ1) is 16.3. The number of methoxy groups -OCH3 is 1. The minimum absolute atomic E-state index is 0.0756. The summed E-state index contributed by atoms with van der Waals surface area (Å²) in [7, 11) is 2.85. The van der Waals surface area contributed by atoms with Crippen molar-refractivity contribution in [2.75, 3.05) is 27.2 Å². The van der Waals surface area contributed by atoms with Gasteiger partial charge in [-0.2, -0.15) is 0 Å². The summed E-state index contributed by atoms with van der Waals surface area (Å²) >= 11 is 0. The maximum atomic E-state index is 12.4. The highest BCUT2D eigenvalue weighted by Crippen LogP contribution is 2.21. The Morgan fingerprint density at radius 1 is 1.35 bits per heavy atom. The smallest absolute Gasteiger partial charge is 0.407 e. The molecule has 0 spiro atoms. The van der Waals surface area contributed by atoms with Crippen LogP contribution in [0.15, 0.2) is 0 Å². The number of hydrogen-bond donors (Lipinski definition) is 1. The molecule has 1 rings (SSSR count). The first-order chi connectivity index (χ1) is 9.29. The first-order valence-corrected chi connectivity index (χ1v) is 6.62. The van der Waals surface area contributed by atoms with Gasteiger partial charge >= 0.3 is 12.1 Å². The van der Waals surface area contributed by atoms with Crippen LogP contribution in [0.25, 0.3) is 0 Å². The second kappa shape index (κ2) is 6.58. The Kier molecular flexibility index (Phi) is 5.35. The third-order valence-electron chi connectivity index (χ3n) is 3.65. The summed E-state index contributed by atoms with van der Waals surface area (Å²) in [6.45, 7) is 4.21. The van der Waals surface area contributed by atoms with E-state index in [0.717, 1.165) is 0 Å². The number of carboxylic acid groups (broad SMARTS) is 1. The number of nitrogens with zero attached hydrogens (tertiary/aromatic N) is 2. The molecule has 1 saturated heterocycles. The van der Waals surface area contributed by atoms with E-state index < -0.39 is 18.1 Å². The average molecular weight is 286 g/mol. The molecule has 1 heterocycles. The Balaban J connectivity index is 2.75. The van der Waals surface area contributed by atoms with E-state index in [9.17, 15) is 14.4 Å². The van der Waals surface area contributed by atoms with E-state index in [1.807, 2.05) is 13.8 Å². The first-order valence-electron chi connectivity index (χ1n) is 6.62. The van der Waals surface area contributed by atoms with E-state index in [2.05, 4.69) is 0 Å². The number of ether oxygens (including phenoxy) is 1. The number of likely N-dealkylation sites (N-methyl/N-ethyl adjacent to an activating group) is 1. The highest BCUT2D eigenvalue weighted by atomic mass is 16.5. The van der Waals surface area contributed by atoms with Gasteiger partial charge in [-0.25, -0.2) is 9.59 Å². The van der Waals surface area contributed by atoms with Crippen molar-refractivity contribution in [1.29, 1.82) is 0 Å². The second-order valence-corrected chi connectivity index (χ2v) is 5.38. The quantitative estimate of drug-likeness (QED) is 0.766. The van der Waals surface area contributed by atoms with E-state index in [1.165, 1.54) is 16.9 Å². The monoisotopic (exact) mass is 286 g/mol. The Morgan fingerprint density at radius 3 is 2.35 bits per heavy atom. The third-order valence-corrected chi connectivity index (χ3v) is 3.65. The highest BCUT2D eigenvalue weighted by molar-refractivity contribution is 5.86. The fraction of sp³-hybridized carbons (Fsp3) is 0.769. The van der Waals surface area contributed by atoms with Gasteiger partial charge in [0, 0.05) is 20.1 Å². The number of carbonyl (C=O) groups is 3. The Hall–Kier alpha value is -1.79.